The Hall–Kier alpha value is -2.68. The van der Waals surface area contributed by atoms with E-state index in [0.717, 1.165) is 23.4 Å². The van der Waals surface area contributed by atoms with Gasteiger partial charge in [-0.05, 0) is 23.6 Å². The maximum absolute atomic E-state index is 4.61. The zero-order valence-corrected chi connectivity index (χ0v) is 11.0. The Morgan fingerprint density at radius 3 is 2.60 bits per heavy atom. The van der Waals surface area contributed by atoms with Gasteiger partial charge in [0.15, 0.2) is 18.2 Å². The van der Waals surface area contributed by atoms with Crippen molar-refractivity contribution < 1.29 is 4.57 Å². The highest BCUT2D eigenvalue weighted by Gasteiger charge is 2.08. The molecular formula is C17H14N3+. The van der Waals surface area contributed by atoms with Gasteiger partial charge in [0.2, 0.25) is 6.54 Å². The van der Waals surface area contributed by atoms with Crippen molar-refractivity contribution in [2.75, 3.05) is 0 Å². The monoisotopic (exact) mass is 260 g/mol. The molecule has 20 heavy (non-hydrogen) atoms. The molecule has 0 spiro atoms. The average molecular weight is 260 g/mol. The Labute approximate surface area is 116 Å². The van der Waals surface area contributed by atoms with Crippen LogP contribution in [0.3, 0.4) is 0 Å². The van der Waals surface area contributed by atoms with Crippen molar-refractivity contribution in [2.45, 2.75) is 6.54 Å². The summed E-state index contributed by atoms with van der Waals surface area (Å²) in [6.45, 7) is 0.750. The van der Waals surface area contributed by atoms with Gasteiger partial charge in [-0.15, -0.1) is 0 Å². The number of rotatable bonds is 2. The van der Waals surface area contributed by atoms with E-state index in [9.17, 15) is 0 Å². The third kappa shape index (κ3) is 1.93. The number of H-pyrrole nitrogens is 1. The second-order valence-corrected chi connectivity index (χ2v) is 4.95. The van der Waals surface area contributed by atoms with E-state index in [0.29, 0.717) is 0 Å². The van der Waals surface area contributed by atoms with Gasteiger partial charge in [0.1, 0.15) is 0 Å². The SMILES string of the molecule is c1ccc2c[n+](Cc3nc4ccccc4[nH]3)ccc2c1. The van der Waals surface area contributed by atoms with Crippen LogP contribution < -0.4 is 4.57 Å². The average Bonchev–Trinajstić information content (AvgIpc) is 2.89. The molecule has 4 aromatic rings. The van der Waals surface area contributed by atoms with Gasteiger partial charge in [0.05, 0.1) is 11.0 Å². The normalized spacial score (nSPS) is 11.2. The zero-order valence-electron chi connectivity index (χ0n) is 11.0. The van der Waals surface area contributed by atoms with Crippen LogP contribution in [0.25, 0.3) is 21.8 Å². The standard InChI is InChI=1S/C17H14N3/c1-2-6-14-11-20(10-9-13(14)5-1)12-17-18-15-7-3-4-8-16(15)19-17/h1-11H,12H2,(H,18,19)/q+1. The molecule has 0 aliphatic carbocycles. The molecule has 1 N–H and O–H groups in total. The Kier molecular flexibility index (Phi) is 2.49. The highest BCUT2D eigenvalue weighted by molar-refractivity contribution is 5.80. The van der Waals surface area contributed by atoms with Crippen LogP contribution in [0.5, 0.6) is 0 Å². The number of nitrogens with zero attached hydrogens (tertiary/aromatic N) is 2. The van der Waals surface area contributed by atoms with E-state index in [1.807, 2.05) is 18.2 Å². The molecule has 4 rings (SSSR count). The molecule has 2 heterocycles. The first-order valence-electron chi connectivity index (χ1n) is 6.70. The van der Waals surface area contributed by atoms with Crippen LogP contribution in [0.2, 0.25) is 0 Å². The molecule has 0 bridgehead atoms. The van der Waals surface area contributed by atoms with E-state index in [1.165, 1.54) is 10.8 Å². The molecule has 0 aliphatic rings. The van der Waals surface area contributed by atoms with Crippen molar-refractivity contribution in [1.82, 2.24) is 9.97 Å². The fraction of sp³-hybridized carbons (Fsp3) is 0.0588. The molecule has 0 saturated heterocycles. The van der Waals surface area contributed by atoms with Gasteiger partial charge in [-0.2, -0.15) is 4.57 Å². The topological polar surface area (TPSA) is 32.6 Å². The summed E-state index contributed by atoms with van der Waals surface area (Å²) in [5.74, 6) is 0.978. The lowest BCUT2D eigenvalue weighted by Gasteiger charge is -1.97. The van der Waals surface area contributed by atoms with E-state index in [-0.39, 0.29) is 0 Å². The number of pyridine rings is 1. The second-order valence-electron chi connectivity index (χ2n) is 4.95. The number of aromatic nitrogens is 3. The molecule has 3 heteroatoms. The van der Waals surface area contributed by atoms with Crippen molar-refractivity contribution in [3.8, 4) is 0 Å². The number of aromatic amines is 1. The van der Waals surface area contributed by atoms with E-state index in [2.05, 4.69) is 63.3 Å². The van der Waals surface area contributed by atoms with Crippen molar-refractivity contribution >= 4 is 21.8 Å². The molecule has 0 unspecified atom stereocenters. The number of fused-ring (bicyclic) bond motifs is 2. The fourth-order valence-corrected chi connectivity index (χ4v) is 2.53. The minimum Gasteiger partial charge on any atom is -0.337 e. The highest BCUT2D eigenvalue weighted by atomic mass is 15.0. The van der Waals surface area contributed by atoms with E-state index in [4.69, 9.17) is 0 Å². The van der Waals surface area contributed by atoms with Crippen LogP contribution in [0.4, 0.5) is 0 Å². The molecule has 0 atom stereocenters. The molecule has 96 valence electrons. The molecule has 0 aliphatic heterocycles. The van der Waals surface area contributed by atoms with Crippen molar-refractivity contribution in [2.24, 2.45) is 0 Å². The zero-order chi connectivity index (χ0) is 13.4. The van der Waals surface area contributed by atoms with Gasteiger partial charge in [0.25, 0.3) is 0 Å². The highest BCUT2D eigenvalue weighted by Crippen LogP contribution is 2.12. The summed E-state index contributed by atoms with van der Waals surface area (Å²) in [7, 11) is 0. The summed E-state index contributed by atoms with van der Waals surface area (Å²) in [6.07, 6.45) is 4.25. The van der Waals surface area contributed by atoms with Crippen LogP contribution in [0.15, 0.2) is 67.0 Å². The molecule has 0 saturated carbocycles. The lowest BCUT2D eigenvalue weighted by molar-refractivity contribution is -0.688. The van der Waals surface area contributed by atoms with Gasteiger partial charge >= 0.3 is 0 Å². The molecule has 0 amide bonds. The molecule has 0 radical (unpaired) electrons. The van der Waals surface area contributed by atoms with Crippen LogP contribution in [0, 0.1) is 0 Å². The lowest BCUT2D eigenvalue weighted by Crippen LogP contribution is -2.33. The van der Waals surface area contributed by atoms with E-state index in [1.54, 1.807) is 0 Å². The minimum absolute atomic E-state index is 0.750. The first-order valence-corrected chi connectivity index (χ1v) is 6.70. The summed E-state index contributed by atoms with van der Waals surface area (Å²) in [6, 6.07) is 18.6. The summed E-state index contributed by atoms with van der Waals surface area (Å²) in [5.41, 5.74) is 2.10. The molecular weight excluding hydrogens is 246 g/mol. The van der Waals surface area contributed by atoms with Crippen LogP contribution in [-0.2, 0) is 6.54 Å². The smallest absolute Gasteiger partial charge is 0.205 e. The Bertz CT molecular complexity index is 860. The maximum atomic E-state index is 4.61. The van der Waals surface area contributed by atoms with E-state index >= 15 is 0 Å². The molecule has 3 nitrogen and oxygen atoms in total. The fourth-order valence-electron chi connectivity index (χ4n) is 2.53. The number of hydrogen-bond donors (Lipinski definition) is 1. The van der Waals surface area contributed by atoms with Crippen molar-refractivity contribution in [3.63, 3.8) is 0 Å². The maximum Gasteiger partial charge on any atom is 0.205 e. The quantitative estimate of drug-likeness (QED) is 0.552. The number of nitrogens with one attached hydrogen (secondary N) is 1. The predicted octanol–water partition coefficient (Wildman–Crippen LogP) is 3.05. The first kappa shape index (κ1) is 11.2. The lowest BCUT2D eigenvalue weighted by atomic mass is 10.2. The summed E-state index contributed by atoms with van der Waals surface area (Å²) >= 11 is 0. The van der Waals surface area contributed by atoms with Crippen molar-refractivity contribution in [1.29, 1.82) is 0 Å². The van der Waals surface area contributed by atoms with Crippen LogP contribution in [0.1, 0.15) is 5.82 Å². The third-order valence-corrected chi connectivity index (χ3v) is 3.52. The van der Waals surface area contributed by atoms with Gasteiger partial charge in [0, 0.05) is 11.5 Å². The third-order valence-electron chi connectivity index (χ3n) is 3.52. The largest absolute Gasteiger partial charge is 0.337 e. The van der Waals surface area contributed by atoms with Gasteiger partial charge in [-0.1, -0.05) is 30.3 Å². The Morgan fingerprint density at radius 1 is 0.900 bits per heavy atom. The predicted molar refractivity (Wildman–Crippen MR) is 79.3 cm³/mol. The number of hydrogen-bond acceptors (Lipinski definition) is 1. The number of para-hydroxylation sites is 2. The van der Waals surface area contributed by atoms with Gasteiger partial charge < -0.3 is 4.98 Å². The molecule has 2 aromatic carbocycles. The first-order chi connectivity index (χ1) is 9.88. The van der Waals surface area contributed by atoms with Gasteiger partial charge in [-0.3, -0.25) is 0 Å². The van der Waals surface area contributed by atoms with Crippen LogP contribution >= 0.6 is 0 Å². The van der Waals surface area contributed by atoms with E-state index < -0.39 is 0 Å². The Balaban J connectivity index is 1.72. The number of benzene rings is 2. The van der Waals surface area contributed by atoms with Crippen LogP contribution in [-0.4, -0.2) is 9.97 Å². The van der Waals surface area contributed by atoms with Gasteiger partial charge in [-0.25, -0.2) is 4.98 Å². The molecule has 2 aromatic heterocycles. The summed E-state index contributed by atoms with van der Waals surface area (Å²) < 4.78 is 2.15. The molecule has 0 fully saturated rings. The number of imidazole rings is 1. The minimum atomic E-state index is 0.750. The summed E-state index contributed by atoms with van der Waals surface area (Å²) in [4.78, 5) is 7.97. The second kappa shape index (κ2) is 4.46. The van der Waals surface area contributed by atoms with Crippen molar-refractivity contribution in [3.05, 3.63) is 72.8 Å². The Morgan fingerprint density at radius 2 is 1.70 bits per heavy atom. The summed E-state index contributed by atoms with van der Waals surface area (Å²) in [5, 5.41) is 2.50.